The minimum atomic E-state index is -0.834. The second kappa shape index (κ2) is 5.92. The molecule has 1 aliphatic heterocycles. The van der Waals surface area contributed by atoms with Crippen molar-refractivity contribution in [1.82, 2.24) is 4.90 Å². The van der Waals surface area contributed by atoms with Gasteiger partial charge in [-0.3, -0.25) is 0 Å². The van der Waals surface area contributed by atoms with Gasteiger partial charge in [0.15, 0.2) is 0 Å². The topological polar surface area (TPSA) is 52.6 Å². The molecule has 1 fully saturated rings. The number of aliphatic carboxylic acids is 1. The van der Waals surface area contributed by atoms with Crippen molar-refractivity contribution in [2.24, 2.45) is 0 Å². The predicted octanol–water partition coefficient (Wildman–Crippen LogP) is 2.80. The number of carboxylic acids is 1. The Kier molecular flexibility index (Phi) is 4.47. The van der Waals surface area contributed by atoms with Crippen molar-refractivity contribution >= 4 is 27.6 Å². The lowest BCUT2D eigenvalue weighted by molar-refractivity contribution is -0.144. The number of carboxylic acid groups (broad SMARTS) is 1. The summed E-state index contributed by atoms with van der Waals surface area (Å²) in [4.78, 5) is 13.9. The Labute approximate surface area is 121 Å². The van der Waals surface area contributed by atoms with Crippen LogP contribution in [0.25, 0.3) is 0 Å². The maximum absolute atomic E-state index is 11.7. The van der Waals surface area contributed by atoms with E-state index in [0.29, 0.717) is 12.8 Å². The number of anilines is 1. The predicted molar refractivity (Wildman–Crippen MR) is 79.5 cm³/mol. The maximum atomic E-state index is 11.7. The molecular weight excluding hydrogens is 308 g/mol. The summed E-state index contributed by atoms with van der Waals surface area (Å²) < 4.78 is 0.989. The zero-order valence-electron chi connectivity index (χ0n) is 11.0. The van der Waals surface area contributed by atoms with E-state index in [0.717, 1.165) is 29.8 Å². The van der Waals surface area contributed by atoms with Crippen LogP contribution in [0.1, 0.15) is 19.8 Å². The fraction of sp³-hybridized carbons (Fsp3) is 0.500. The molecule has 1 saturated heterocycles. The summed E-state index contributed by atoms with van der Waals surface area (Å²) in [5.41, 5.74) is 0.0232. The van der Waals surface area contributed by atoms with E-state index >= 15 is 0 Å². The summed E-state index contributed by atoms with van der Waals surface area (Å²) in [6.07, 6.45) is 1.26. The van der Waals surface area contributed by atoms with Gasteiger partial charge in [-0.2, -0.15) is 0 Å². The van der Waals surface area contributed by atoms with Gasteiger partial charge in [-0.25, -0.2) is 4.79 Å². The third-order valence-electron chi connectivity index (χ3n) is 3.79. The van der Waals surface area contributed by atoms with E-state index in [-0.39, 0.29) is 0 Å². The first-order valence-electron chi connectivity index (χ1n) is 6.55. The molecule has 1 aromatic rings. The van der Waals surface area contributed by atoms with Gasteiger partial charge in [-0.15, -0.1) is 0 Å². The van der Waals surface area contributed by atoms with Crippen LogP contribution >= 0.6 is 15.9 Å². The van der Waals surface area contributed by atoms with Crippen LogP contribution in [-0.2, 0) is 4.79 Å². The highest BCUT2D eigenvalue weighted by Gasteiger charge is 2.41. The van der Waals surface area contributed by atoms with E-state index in [9.17, 15) is 9.90 Å². The van der Waals surface area contributed by atoms with E-state index in [2.05, 4.69) is 33.1 Å². The lowest BCUT2D eigenvalue weighted by atomic mass is 9.87. The Hall–Kier alpha value is -1.07. The molecule has 0 saturated carbocycles. The number of carbonyl (C=O) groups is 1. The van der Waals surface area contributed by atoms with E-state index < -0.39 is 11.5 Å². The summed E-state index contributed by atoms with van der Waals surface area (Å²) in [6, 6.07) is 7.64. The highest BCUT2D eigenvalue weighted by Crippen LogP contribution is 2.28. The van der Waals surface area contributed by atoms with Crippen molar-refractivity contribution in [3.05, 3.63) is 28.7 Å². The van der Waals surface area contributed by atoms with Gasteiger partial charge in [0, 0.05) is 23.2 Å². The number of piperidine rings is 1. The summed E-state index contributed by atoms with van der Waals surface area (Å²) in [5, 5.41) is 12.8. The van der Waals surface area contributed by atoms with Gasteiger partial charge < -0.3 is 15.3 Å². The summed E-state index contributed by atoms with van der Waals surface area (Å²) in [7, 11) is 0. The van der Waals surface area contributed by atoms with Gasteiger partial charge in [0.2, 0.25) is 0 Å². The zero-order valence-corrected chi connectivity index (χ0v) is 12.6. The number of rotatable bonds is 4. The van der Waals surface area contributed by atoms with E-state index in [1.54, 1.807) is 0 Å². The van der Waals surface area contributed by atoms with Crippen LogP contribution in [0.3, 0.4) is 0 Å². The number of nitrogens with one attached hydrogen (secondary N) is 1. The second-order valence-electron chi connectivity index (χ2n) is 4.95. The number of benzene rings is 1. The molecule has 1 aliphatic rings. The van der Waals surface area contributed by atoms with Crippen LogP contribution in [0.5, 0.6) is 0 Å². The molecule has 2 rings (SSSR count). The van der Waals surface area contributed by atoms with Crippen molar-refractivity contribution in [1.29, 1.82) is 0 Å². The van der Waals surface area contributed by atoms with Crippen LogP contribution < -0.4 is 5.32 Å². The Balaban J connectivity index is 2.12. The van der Waals surface area contributed by atoms with Gasteiger partial charge in [-0.1, -0.05) is 22.9 Å². The van der Waals surface area contributed by atoms with Crippen LogP contribution in [0.2, 0.25) is 0 Å². The van der Waals surface area contributed by atoms with Crippen molar-refractivity contribution in [3.8, 4) is 0 Å². The van der Waals surface area contributed by atoms with E-state index in [1.165, 1.54) is 0 Å². The van der Waals surface area contributed by atoms with Gasteiger partial charge in [0.05, 0.1) is 0 Å². The van der Waals surface area contributed by atoms with Crippen molar-refractivity contribution in [2.75, 3.05) is 25.0 Å². The zero-order chi connectivity index (χ0) is 13.9. The lowest BCUT2D eigenvalue weighted by Gasteiger charge is -2.39. The molecule has 19 heavy (non-hydrogen) atoms. The minimum absolute atomic E-state index is 0.631. The SMILES string of the molecule is CCN1CCC(Nc2ccc(Br)cc2)(C(=O)O)CC1. The Morgan fingerprint density at radius 3 is 2.42 bits per heavy atom. The fourth-order valence-electron chi connectivity index (χ4n) is 2.45. The smallest absolute Gasteiger partial charge is 0.329 e. The van der Waals surface area contributed by atoms with Gasteiger partial charge >= 0.3 is 5.97 Å². The van der Waals surface area contributed by atoms with E-state index in [4.69, 9.17) is 0 Å². The van der Waals surface area contributed by atoms with Crippen LogP contribution in [0, 0.1) is 0 Å². The first-order chi connectivity index (χ1) is 9.05. The Morgan fingerprint density at radius 2 is 1.95 bits per heavy atom. The summed E-state index contributed by atoms with van der Waals surface area (Å²) in [6.45, 7) is 4.74. The van der Waals surface area contributed by atoms with Crippen LogP contribution in [-0.4, -0.2) is 41.1 Å². The molecule has 1 heterocycles. The maximum Gasteiger partial charge on any atom is 0.329 e. The molecule has 4 nitrogen and oxygen atoms in total. The Morgan fingerprint density at radius 1 is 1.37 bits per heavy atom. The van der Waals surface area contributed by atoms with E-state index in [1.807, 2.05) is 24.3 Å². The van der Waals surface area contributed by atoms with Gasteiger partial charge in [0.25, 0.3) is 0 Å². The highest BCUT2D eigenvalue weighted by atomic mass is 79.9. The number of nitrogens with zero attached hydrogens (tertiary/aromatic N) is 1. The average molecular weight is 327 g/mol. The second-order valence-corrected chi connectivity index (χ2v) is 5.87. The quantitative estimate of drug-likeness (QED) is 0.893. The summed E-state index contributed by atoms with van der Waals surface area (Å²) in [5.74, 6) is -0.758. The molecule has 0 aromatic heterocycles. The van der Waals surface area contributed by atoms with Crippen LogP contribution in [0.15, 0.2) is 28.7 Å². The third kappa shape index (κ3) is 3.28. The summed E-state index contributed by atoms with van der Waals surface area (Å²) >= 11 is 3.38. The number of hydrogen-bond donors (Lipinski definition) is 2. The Bertz CT molecular complexity index is 439. The first kappa shape index (κ1) is 14.3. The molecule has 2 N–H and O–H groups in total. The minimum Gasteiger partial charge on any atom is -0.480 e. The largest absolute Gasteiger partial charge is 0.480 e. The standard InChI is InChI=1S/C14H19BrN2O2/c1-2-17-9-7-14(8-10-17,13(18)19)16-12-5-3-11(15)4-6-12/h3-6,16H,2,7-10H2,1H3,(H,18,19). The van der Waals surface area contributed by atoms with Crippen LogP contribution in [0.4, 0.5) is 5.69 Å². The van der Waals surface area contributed by atoms with Crippen molar-refractivity contribution in [2.45, 2.75) is 25.3 Å². The first-order valence-corrected chi connectivity index (χ1v) is 7.34. The fourth-order valence-corrected chi connectivity index (χ4v) is 2.72. The number of halogens is 1. The average Bonchev–Trinajstić information content (AvgIpc) is 2.42. The monoisotopic (exact) mass is 326 g/mol. The number of likely N-dealkylation sites (tertiary alicyclic amines) is 1. The number of hydrogen-bond acceptors (Lipinski definition) is 3. The molecular formula is C14H19BrN2O2. The molecule has 0 radical (unpaired) electrons. The van der Waals surface area contributed by atoms with Gasteiger partial charge in [0.1, 0.15) is 5.54 Å². The molecule has 0 bridgehead atoms. The molecule has 1 aromatic carbocycles. The molecule has 0 unspecified atom stereocenters. The van der Waals surface area contributed by atoms with Crippen molar-refractivity contribution < 1.29 is 9.90 Å². The normalized spacial score (nSPS) is 19.1. The van der Waals surface area contributed by atoms with Gasteiger partial charge in [-0.05, 0) is 43.7 Å². The molecule has 0 atom stereocenters. The molecule has 0 amide bonds. The molecule has 0 spiro atoms. The van der Waals surface area contributed by atoms with Crippen molar-refractivity contribution in [3.63, 3.8) is 0 Å². The highest BCUT2D eigenvalue weighted by molar-refractivity contribution is 9.10. The lowest BCUT2D eigenvalue weighted by Crippen LogP contribution is -2.54. The molecule has 0 aliphatic carbocycles. The molecule has 5 heteroatoms. The third-order valence-corrected chi connectivity index (χ3v) is 4.32. The molecule has 104 valence electrons.